The number of esters is 1. The highest BCUT2D eigenvalue weighted by Gasteiger charge is 2.51. The third-order valence-electron chi connectivity index (χ3n) is 6.68. The first kappa shape index (κ1) is 24.8. The van der Waals surface area contributed by atoms with E-state index in [0.717, 1.165) is 30.0 Å². The summed E-state index contributed by atoms with van der Waals surface area (Å²) in [6.45, 7) is -0.138. The smallest absolute Gasteiger partial charge is 0.324 e. The summed E-state index contributed by atoms with van der Waals surface area (Å²) in [5.41, 5.74) is 0.518. The van der Waals surface area contributed by atoms with Gasteiger partial charge in [-0.2, -0.15) is 4.31 Å². The molecule has 0 amide bonds. The summed E-state index contributed by atoms with van der Waals surface area (Å²) >= 11 is 0. The molecule has 2 aliphatic rings. The first-order chi connectivity index (χ1) is 16.1. The third-order valence-corrected chi connectivity index (χ3v) is 10.4. The summed E-state index contributed by atoms with van der Waals surface area (Å²) in [5.74, 6) is -0.479. The quantitative estimate of drug-likeness (QED) is 0.535. The minimum Gasteiger partial charge on any atom is -0.460 e. The van der Waals surface area contributed by atoms with E-state index in [9.17, 15) is 21.6 Å². The topological polar surface area (TPSA) is 101 Å². The van der Waals surface area contributed by atoms with E-state index < -0.39 is 32.1 Å². The van der Waals surface area contributed by atoms with Crippen LogP contribution in [0.4, 0.5) is 0 Å². The van der Waals surface area contributed by atoms with Crippen molar-refractivity contribution in [2.24, 2.45) is 5.92 Å². The SMILES string of the molecule is CN(C)S(=O)(=O)c1cccc(COC(=O)[C@@H]2C[C@@H]3CCCC[C@@H]3N2S(=O)(=O)c2ccccc2)c1. The molecule has 4 rings (SSSR count). The second-order valence-corrected chi connectivity index (χ2v) is 13.0. The molecular weight excluding hydrogens is 476 g/mol. The van der Waals surface area contributed by atoms with Gasteiger partial charge >= 0.3 is 5.97 Å². The second-order valence-electron chi connectivity index (χ2n) is 9.05. The zero-order valence-corrected chi connectivity index (χ0v) is 21.0. The number of hydrogen-bond donors (Lipinski definition) is 0. The maximum Gasteiger partial charge on any atom is 0.324 e. The van der Waals surface area contributed by atoms with Crippen LogP contribution in [0, 0.1) is 5.92 Å². The van der Waals surface area contributed by atoms with Gasteiger partial charge in [0.2, 0.25) is 20.0 Å². The average molecular weight is 507 g/mol. The zero-order chi connectivity index (χ0) is 24.5. The van der Waals surface area contributed by atoms with Gasteiger partial charge in [-0.25, -0.2) is 21.1 Å². The highest BCUT2D eigenvalue weighted by atomic mass is 32.2. The number of sulfonamides is 2. The van der Waals surface area contributed by atoms with Crippen LogP contribution in [0.1, 0.15) is 37.7 Å². The normalized spacial score (nSPS) is 23.6. The number of nitrogens with zero attached hydrogens (tertiary/aromatic N) is 2. The Kier molecular flexibility index (Phi) is 7.14. The number of carbonyl (C=O) groups excluding carboxylic acids is 1. The van der Waals surface area contributed by atoms with Crippen LogP contribution >= 0.6 is 0 Å². The van der Waals surface area contributed by atoms with Crippen LogP contribution < -0.4 is 0 Å². The first-order valence-corrected chi connectivity index (χ1v) is 14.3. The summed E-state index contributed by atoms with van der Waals surface area (Å²) in [5, 5.41) is 0. The number of benzene rings is 2. The van der Waals surface area contributed by atoms with Crippen molar-refractivity contribution < 1.29 is 26.4 Å². The standard InChI is InChI=1S/C24H30N2O6S2/c1-25(2)33(28,29)21-13-8-9-18(15-21)17-32-24(27)23-16-19-10-6-7-14-22(19)26(23)34(30,31)20-11-4-3-5-12-20/h3-5,8-9,11-13,15,19,22-23H,6-7,10,14,16-17H2,1-2H3/t19-,22-,23-/m0/s1. The van der Waals surface area contributed by atoms with E-state index in [1.54, 1.807) is 42.5 Å². The molecule has 0 aromatic heterocycles. The minimum absolute atomic E-state index is 0.103. The average Bonchev–Trinajstić information content (AvgIpc) is 3.24. The molecule has 8 nitrogen and oxygen atoms in total. The van der Waals surface area contributed by atoms with Crippen LogP contribution in [0.15, 0.2) is 64.4 Å². The van der Waals surface area contributed by atoms with E-state index in [1.807, 2.05) is 0 Å². The predicted molar refractivity (Wildman–Crippen MR) is 127 cm³/mol. The molecule has 1 heterocycles. The minimum atomic E-state index is -3.87. The third kappa shape index (κ3) is 4.77. The van der Waals surface area contributed by atoms with Crippen LogP contribution in [0.25, 0.3) is 0 Å². The molecule has 1 saturated carbocycles. The molecule has 184 valence electrons. The largest absolute Gasteiger partial charge is 0.460 e. The van der Waals surface area contributed by atoms with E-state index in [4.69, 9.17) is 4.74 Å². The van der Waals surface area contributed by atoms with Gasteiger partial charge in [-0.15, -0.1) is 0 Å². The lowest BCUT2D eigenvalue weighted by Gasteiger charge is -2.32. The van der Waals surface area contributed by atoms with Crippen molar-refractivity contribution in [3.05, 3.63) is 60.2 Å². The first-order valence-electron chi connectivity index (χ1n) is 11.4. The van der Waals surface area contributed by atoms with Crippen molar-refractivity contribution in [2.75, 3.05) is 14.1 Å². The van der Waals surface area contributed by atoms with E-state index in [1.165, 1.54) is 30.5 Å². The highest BCUT2D eigenvalue weighted by molar-refractivity contribution is 7.89. The molecule has 2 aromatic carbocycles. The molecule has 0 unspecified atom stereocenters. The Labute approximate surface area is 201 Å². The Morgan fingerprint density at radius 3 is 2.35 bits per heavy atom. The summed E-state index contributed by atoms with van der Waals surface area (Å²) in [7, 11) is -4.60. The van der Waals surface area contributed by atoms with Gasteiger partial charge in [0.15, 0.2) is 0 Å². The van der Waals surface area contributed by atoms with Gasteiger partial charge in [-0.3, -0.25) is 4.79 Å². The molecule has 2 aromatic rings. The van der Waals surface area contributed by atoms with Crippen molar-refractivity contribution in [1.29, 1.82) is 0 Å². The fourth-order valence-electron chi connectivity index (χ4n) is 4.94. The van der Waals surface area contributed by atoms with Gasteiger partial charge < -0.3 is 4.74 Å². The molecule has 0 N–H and O–H groups in total. The number of hydrogen-bond acceptors (Lipinski definition) is 6. The van der Waals surface area contributed by atoms with Crippen molar-refractivity contribution in [3.8, 4) is 0 Å². The Bertz CT molecular complexity index is 1250. The predicted octanol–water partition coefficient (Wildman–Crippen LogP) is 3.00. The molecular formula is C24H30N2O6S2. The van der Waals surface area contributed by atoms with Gasteiger partial charge in [0.05, 0.1) is 9.79 Å². The fraction of sp³-hybridized carbons (Fsp3) is 0.458. The lowest BCUT2D eigenvalue weighted by atomic mass is 9.85. The molecule has 3 atom stereocenters. The van der Waals surface area contributed by atoms with Gasteiger partial charge in [0.25, 0.3) is 0 Å². The highest BCUT2D eigenvalue weighted by Crippen LogP contribution is 2.43. The second kappa shape index (κ2) is 9.77. The van der Waals surface area contributed by atoms with Crippen LogP contribution in [0.2, 0.25) is 0 Å². The zero-order valence-electron chi connectivity index (χ0n) is 19.3. The Balaban J connectivity index is 1.56. The summed E-state index contributed by atoms with van der Waals surface area (Å²) < 4.78 is 60.0. The van der Waals surface area contributed by atoms with Crippen LogP contribution in [0.3, 0.4) is 0 Å². The van der Waals surface area contributed by atoms with Gasteiger partial charge in [0.1, 0.15) is 12.6 Å². The Morgan fingerprint density at radius 2 is 1.65 bits per heavy atom. The maximum atomic E-state index is 13.5. The van der Waals surface area contributed by atoms with E-state index in [-0.39, 0.29) is 28.4 Å². The van der Waals surface area contributed by atoms with Gasteiger partial charge in [0, 0.05) is 20.1 Å². The molecule has 2 fully saturated rings. The molecule has 1 aliphatic carbocycles. The molecule has 1 aliphatic heterocycles. The summed E-state index contributed by atoms with van der Waals surface area (Å²) in [6, 6.07) is 13.3. The molecule has 10 heteroatoms. The lowest BCUT2D eigenvalue weighted by molar-refractivity contribution is -0.149. The van der Waals surface area contributed by atoms with Crippen LogP contribution in [-0.2, 0) is 36.2 Å². The monoisotopic (exact) mass is 506 g/mol. The lowest BCUT2D eigenvalue weighted by Crippen LogP contribution is -2.46. The van der Waals surface area contributed by atoms with Crippen LogP contribution in [-0.4, -0.2) is 57.6 Å². The Hall–Kier alpha value is -2.27. The fourth-order valence-corrected chi connectivity index (χ4v) is 7.80. The van der Waals surface area contributed by atoms with Crippen molar-refractivity contribution in [2.45, 2.75) is 60.6 Å². The van der Waals surface area contributed by atoms with Crippen LogP contribution in [0.5, 0.6) is 0 Å². The van der Waals surface area contributed by atoms with Crippen molar-refractivity contribution in [1.82, 2.24) is 8.61 Å². The maximum absolute atomic E-state index is 13.5. The van der Waals surface area contributed by atoms with Gasteiger partial charge in [-0.1, -0.05) is 43.2 Å². The molecule has 0 bridgehead atoms. The van der Waals surface area contributed by atoms with E-state index >= 15 is 0 Å². The van der Waals surface area contributed by atoms with E-state index in [2.05, 4.69) is 0 Å². The number of rotatable bonds is 7. The van der Waals surface area contributed by atoms with Crippen molar-refractivity contribution >= 4 is 26.0 Å². The van der Waals surface area contributed by atoms with Crippen molar-refractivity contribution in [3.63, 3.8) is 0 Å². The van der Waals surface area contributed by atoms with Gasteiger partial charge in [-0.05, 0) is 55.0 Å². The number of carbonyl (C=O) groups is 1. The number of ether oxygens (including phenoxy) is 1. The molecule has 0 radical (unpaired) electrons. The molecule has 34 heavy (non-hydrogen) atoms. The molecule has 0 spiro atoms. The molecule has 1 saturated heterocycles. The number of fused-ring (bicyclic) bond motifs is 1. The summed E-state index contributed by atoms with van der Waals surface area (Å²) in [6.07, 6.45) is 4.00. The summed E-state index contributed by atoms with van der Waals surface area (Å²) in [4.78, 5) is 13.5. The van der Waals surface area contributed by atoms with E-state index in [0.29, 0.717) is 12.0 Å². The Morgan fingerprint density at radius 1 is 0.971 bits per heavy atom.